The Balaban J connectivity index is 1.61. The molecule has 3 aromatic rings. The first-order valence-electron chi connectivity index (χ1n) is 7.19. The van der Waals surface area contributed by atoms with E-state index in [4.69, 9.17) is 4.52 Å². The van der Waals surface area contributed by atoms with Crippen LogP contribution in [0, 0.1) is 5.82 Å². The largest absolute Gasteiger partial charge is 0.338 e. The minimum Gasteiger partial charge on any atom is -0.338 e. The van der Waals surface area contributed by atoms with E-state index in [1.54, 1.807) is 23.9 Å². The zero-order valence-corrected chi connectivity index (χ0v) is 13.6. The normalized spacial score (nSPS) is 10.6. The van der Waals surface area contributed by atoms with Gasteiger partial charge in [0.1, 0.15) is 5.82 Å². The maximum Gasteiger partial charge on any atom is 0.237 e. The molecule has 0 saturated carbocycles. The molecule has 0 aliphatic heterocycles. The summed E-state index contributed by atoms with van der Waals surface area (Å²) in [6, 6.07) is 13.4. The van der Waals surface area contributed by atoms with Gasteiger partial charge in [0.15, 0.2) is 0 Å². The standard InChI is InChI=1S/C17H14FN3O2S/c1-11(22)19-14-6-8-15(9-7-14)24-10-16-20-17(21-23-16)12-2-4-13(18)5-3-12/h2-9H,10H2,1H3,(H,19,22). The molecule has 0 aliphatic carbocycles. The molecule has 0 unspecified atom stereocenters. The van der Waals surface area contributed by atoms with Crippen molar-refractivity contribution >= 4 is 23.4 Å². The quantitative estimate of drug-likeness (QED) is 0.706. The summed E-state index contributed by atoms with van der Waals surface area (Å²) < 4.78 is 18.1. The molecule has 0 spiro atoms. The highest BCUT2D eigenvalue weighted by atomic mass is 32.2. The predicted molar refractivity (Wildman–Crippen MR) is 90.0 cm³/mol. The lowest BCUT2D eigenvalue weighted by molar-refractivity contribution is -0.114. The summed E-state index contributed by atoms with van der Waals surface area (Å²) in [5.74, 6) is 1.04. The molecular weight excluding hydrogens is 329 g/mol. The highest BCUT2D eigenvalue weighted by molar-refractivity contribution is 7.98. The zero-order chi connectivity index (χ0) is 16.9. The first-order valence-corrected chi connectivity index (χ1v) is 8.18. The minimum absolute atomic E-state index is 0.102. The van der Waals surface area contributed by atoms with E-state index in [1.165, 1.54) is 19.1 Å². The highest BCUT2D eigenvalue weighted by Crippen LogP contribution is 2.25. The third kappa shape index (κ3) is 4.20. The van der Waals surface area contributed by atoms with Crippen molar-refractivity contribution < 1.29 is 13.7 Å². The molecule has 2 aromatic carbocycles. The number of benzene rings is 2. The third-order valence-corrected chi connectivity index (χ3v) is 4.10. The van der Waals surface area contributed by atoms with Gasteiger partial charge >= 0.3 is 0 Å². The molecule has 7 heteroatoms. The molecule has 0 atom stereocenters. The van der Waals surface area contributed by atoms with E-state index in [-0.39, 0.29) is 11.7 Å². The maximum absolute atomic E-state index is 12.9. The lowest BCUT2D eigenvalue weighted by Gasteiger charge is -2.03. The fraction of sp³-hybridized carbons (Fsp3) is 0.118. The molecule has 122 valence electrons. The van der Waals surface area contributed by atoms with Gasteiger partial charge in [-0.05, 0) is 48.5 Å². The third-order valence-electron chi connectivity index (χ3n) is 3.11. The molecule has 1 heterocycles. The van der Waals surface area contributed by atoms with Crippen LogP contribution in [0.4, 0.5) is 10.1 Å². The molecule has 0 saturated heterocycles. The van der Waals surface area contributed by atoms with Crippen LogP contribution in [0.2, 0.25) is 0 Å². The molecule has 3 rings (SSSR count). The van der Waals surface area contributed by atoms with Gasteiger partial charge in [0.2, 0.25) is 17.6 Å². The van der Waals surface area contributed by atoms with Crippen LogP contribution in [0.15, 0.2) is 57.9 Å². The van der Waals surface area contributed by atoms with E-state index < -0.39 is 0 Å². The van der Waals surface area contributed by atoms with Gasteiger partial charge in [0, 0.05) is 23.1 Å². The molecular formula is C17H14FN3O2S. The number of anilines is 1. The van der Waals surface area contributed by atoms with Gasteiger partial charge in [-0.25, -0.2) is 4.39 Å². The number of hydrogen-bond donors (Lipinski definition) is 1. The number of nitrogens with one attached hydrogen (secondary N) is 1. The highest BCUT2D eigenvalue weighted by Gasteiger charge is 2.09. The number of rotatable bonds is 5. The smallest absolute Gasteiger partial charge is 0.237 e. The van der Waals surface area contributed by atoms with Crippen molar-refractivity contribution in [3.05, 3.63) is 60.2 Å². The van der Waals surface area contributed by atoms with Crippen LogP contribution in [-0.4, -0.2) is 16.0 Å². The van der Waals surface area contributed by atoms with Gasteiger partial charge in [-0.2, -0.15) is 4.98 Å². The molecule has 1 amide bonds. The number of nitrogens with zero attached hydrogens (tertiary/aromatic N) is 2. The maximum atomic E-state index is 12.9. The Hall–Kier alpha value is -2.67. The summed E-state index contributed by atoms with van der Waals surface area (Å²) >= 11 is 1.54. The summed E-state index contributed by atoms with van der Waals surface area (Å²) in [4.78, 5) is 16.3. The Labute approximate surface area is 142 Å². The number of halogens is 1. The molecule has 0 radical (unpaired) electrons. The first kappa shape index (κ1) is 16.2. The van der Waals surface area contributed by atoms with Crippen LogP contribution in [0.5, 0.6) is 0 Å². The lowest BCUT2D eigenvalue weighted by atomic mass is 10.2. The van der Waals surface area contributed by atoms with Gasteiger partial charge in [-0.1, -0.05) is 5.16 Å². The average Bonchev–Trinajstić information content (AvgIpc) is 3.03. The van der Waals surface area contributed by atoms with Gasteiger partial charge in [0.25, 0.3) is 0 Å². The second-order valence-corrected chi connectivity index (χ2v) is 6.06. The van der Waals surface area contributed by atoms with Gasteiger partial charge in [-0.3, -0.25) is 4.79 Å². The SMILES string of the molecule is CC(=O)Nc1ccc(SCc2nc(-c3ccc(F)cc3)no2)cc1. The van der Waals surface area contributed by atoms with E-state index >= 15 is 0 Å². The van der Waals surface area contributed by atoms with Crippen LogP contribution in [-0.2, 0) is 10.5 Å². The van der Waals surface area contributed by atoms with Gasteiger partial charge in [0.05, 0.1) is 5.75 Å². The monoisotopic (exact) mass is 343 g/mol. The first-order chi connectivity index (χ1) is 11.6. The second-order valence-electron chi connectivity index (χ2n) is 5.01. The van der Waals surface area contributed by atoms with Crippen LogP contribution in [0.25, 0.3) is 11.4 Å². The van der Waals surface area contributed by atoms with Crippen LogP contribution in [0.1, 0.15) is 12.8 Å². The molecule has 1 aromatic heterocycles. The Morgan fingerprint density at radius 3 is 2.54 bits per heavy atom. The van der Waals surface area contributed by atoms with Crippen molar-refractivity contribution in [2.75, 3.05) is 5.32 Å². The molecule has 5 nitrogen and oxygen atoms in total. The average molecular weight is 343 g/mol. The summed E-state index contributed by atoms with van der Waals surface area (Å²) in [7, 11) is 0. The number of hydrogen-bond acceptors (Lipinski definition) is 5. The van der Waals surface area contributed by atoms with E-state index in [9.17, 15) is 9.18 Å². The Kier molecular flexibility index (Phi) is 4.90. The van der Waals surface area contributed by atoms with Crippen LogP contribution >= 0.6 is 11.8 Å². The number of thioether (sulfide) groups is 1. The number of carbonyl (C=O) groups is 1. The fourth-order valence-electron chi connectivity index (χ4n) is 2.01. The van der Waals surface area contributed by atoms with E-state index in [2.05, 4.69) is 15.5 Å². The Bertz CT molecular complexity index is 832. The lowest BCUT2D eigenvalue weighted by Crippen LogP contribution is -2.05. The van der Waals surface area contributed by atoms with Crippen molar-refractivity contribution in [3.63, 3.8) is 0 Å². The van der Waals surface area contributed by atoms with Crippen molar-refractivity contribution in [2.45, 2.75) is 17.6 Å². The van der Waals surface area contributed by atoms with Crippen molar-refractivity contribution in [2.24, 2.45) is 0 Å². The fourth-order valence-corrected chi connectivity index (χ4v) is 2.75. The molecule has 0 aliphatic rings. The van der Waals surface area contributed by atoms with Gasteiger partial charge < -0.3 is 9.84 Å². The van der Waals surface area contributed by atoms with Crippen molar-refractivity contribution in [1.82, 2.24) is 10.1 Å². The number of carbonyl (C=O) groups excluding carboxylic acids is 1. The predicted octanol–water partition coefficient (Wildman–Crippen LogP) is 4.13. The topological polar surface area (TPSA) is 68.0 Å². The van der Waals surface area contributed by atoms with E-state index in [0.717, 1.165) is 10.6 Å². The number of aromatic nitrogens is 2. The summed E-state index contributed by atoms with van der Waals surface area (Å²) in [5.41, 5.74) is 1.46. The van der Waals surface area contributed by atoms with Crippen molar-refractivity contribution in [1.29, 1.82) is 0 Å². The summed E-state index contributed by atoms with van der Waals surface area (Å²) in [6.45, 7) is 1.47. The minimum atomic E-state index is -0.305. The molecule has 0 fully saturated rings. The van der Waals surface area contributed by atoms with Crippen LogP contribution in [0.3, 0.4) is 0 Å². The molecule has 24 heavy (non-hydrogen) atoms. The summed E-state index contributed by atoms with van der Waals surface area (Å²) in [5, 5.41) is 6.62. The van der Waals surface area contributed by atoms with Crippen molar-refractivity contribution in [3.8, 4) is 11.4 Å². The summed E-state index contributed by atoms with van der Waals surface area (Å²) in [6.07, 6.45) is 0. The molecule has 1 N–H and O–H groups in total. The van der Waals surface area contributed by atoms with Gasteiger partial charge in [-0.15, -0.1) is 11.8 Å². The number of amides is 1. The Morgan fingerprint density at radius 1 is 1.17 bits per heavy atom. The van der Waals surface area contributed by atoms with E-state index in [0.29, 0.717) is 23.0 Å². The zero-order valence-electron chi connectivity index (χ0n) is 12.8. The van der Waals surface area contributed by atoms with Crippen LogP contribution < -0.4 is 5.32 Å². The van der Waals surface area contributed by atoms with E-state index in [1.807, 2.05) is 24.3 Å². The Morgan fingerprint density at radius 2 is 1.88 bits per heavy atom. The second kappa shape index (κ2) is 7.27. The molecule has 0 bridgehead atoms.